The largest absolute Gasteiger partial charge is 0.482 e. The molecule has 4 N–H and O–H groups in total. The SMILES string of the molecule is CCC(CO)NC(=O)COc1ccccc1N. The number of nitrogen functional groups attached to an aromatic ring is 1. The van der Waals surface area contributed by atoms with Crippen molar-refractivity contribution in [1.82, 2.24) is 5.32 Å². The highest BCUT2D eigenvalue weighted by atomic mass is 16.5. The molecule has 5 heteroatoms. The maximum absolute atomic E-state index is 11.5. The topological polar surface area (TPSA) is 84.6 Å². The molecule has 0 spiro atoms. The van der Waals surface area contributed by atoms with E-state index >= 15 is 0 Å². The summed E-state index contributed by atoms with van der Waals surface area (Å²) in [4.78, 5) is 11.5. The van der Waals surface area contributed by atoms with Crippen LogP contribution < -0.4 is 15.8 Å². The van der Waals surface area contributed by atoms with E-state index in [2.05, 4.69) is 5.32 Å². The van der Waals surface area contributed by atoms with Gasteiger partial charge < -0.3 is 20.9 Å². The third-order valence-electron chi connectivity index (χ3n) is 2.36. The number of aliphatic hydroxyl groups excluding tert-OH is 1. The predicted octanol–water partition coefficient (Wildman–Crippen LogP) is 0.535. The van der Waals surface area contributed by atoms with E-state index in [1.54, 1.807) is 24.3 Å². The van der Waals surface area contributed by atoms with Gasteiger partial charge in [0.25, 0.3) is 5.91 Å². The van der Waals surface area contributed by atoms with Crippen molar-refractivity contribution in [3.05, 3.63) is 24.3 Å². The van der Waals surface area contributed by atoms with Crippen LogP contribution in [0.3, 0.4) is 0 Å². The van der Waals surface area contributed by atoms with Crippen LogP contribution in [0.15, 0.2) is 24.3 Å². The Morgan fingerprint density at radius 2 is 2.24 bits per heavy atom. The summed E-state index contributed by atoms with van der Waals surface area (Å²) in [6.45, 7) is 1.71. The molecule has 1 amide bonds. The van der Waals surface area contributed by atoms with Crippen molar-refractivity contribution in [2.75, 3.05) is 18.9 Å². The highest BCUT2D eigenvalue weighted by Gasteiger charge is 2.10. The summed E-state index contributed by atoms with van der Waals surface area (Å²) < 4.78 is 5.27. The number of anilines is 1. The lowest BCUT2D eigenvalue weighted by Gasteiger charge is -2.14. The van der Waals surface area contributed by atoms with Crippen molar-refractivity contribution in [3.8, 4) is 5.75 Å². The quantitative estimate of drug-likeness (QED) is 0.631. The molecule has 0 bridgehead atoms. The molecule has 0 fully saturated rings. The number of nitrogens with one attached hydrogen (secondary N) is 1. The van der Waals surface area contributed by atoms with E-state index in [1.165, 1.54) is 0 Å². The third-order valence-corrected chi connectivity index (χ3v) is 2.36. The van der Waals surface area contributed by atoms with Crippen LogP contribution in [0.5, 0.6) is 5.75 Å². The summed E-state index contributed by atoms with van der Waals surface area (Å²) in [5.74, 6) is 0.217. The van der Waals surface area contributed by atoms with Gasteiger partial charge in [-0.2, -0.15) is 0 Å². The molecular weight excluding hydrogens is 220 g/mol. The summed E-state index contributed by atoms with van der Waals surface area (Å²) >= 11 is 0. The van der Waals surface area contributed by atoms with E-state index in [4.69, 9.17) is 15.6 Å². The van der Waals surface area contributed by atoms with Gasteiger partial charge in [0, 0.05) is 0 Å². The van der Waals surface area contributed by atoms with Gasteiger partial charge in [-0.05, 0) is 18.6 Å². The summed E-state index contributed by atoms with van der Waals surface area (Å²) in [6.07, 6.45) is 0.676. The zero-order valence-corrected chi connectivity index (χ0v) is 9.85. The molecule has 17 heavy (non-hydrogen) atoms. The number of nitrogens with two attached hydrogens (primary N) is 1. The number of amides is 1. The van der Waals surface area contributed by atoms with Crippen molar-refractivity contribution in [1.29, 1.82) is 0 Å². The Labute approximate surface area is 101 Å². The molecule has 5 nitrogen and oxygen atoms in total. The summed E-state index contributed by atoms with van der Waals surface area (Å²) in [5.41, 5.74) is 6.16. The van der Waals surface area contributed by atoms with Gasteiger partial charge >= 0.3 is 0 Å². The van der Waals surface area contributed by atoms with Crippen LogP contribution >= 0.6 is 0 Å². The van der Waals surface area contributed by atoms with E-state index in [9.17, 15) is 4.79 Å². The van der Waals surface area contributed by atoms with E-state index in [0.717, 1.165) is 0 Å². The molecule has 0 aliphatic carbocycles. The first kappa shape index (κ1) is 13.3. The first-order chi connectivity index (χ1) is 8.17. The standard InChI is InChI=1S/C12H18N2O3/c1-2-9(7-15)14-12(16)8-17-11-6-4-3-5-10(11)13/h3-6,9,15H,2,7-8,13H2,1H3,(H,14,16). The highest BCUT2D eigenvalue weighted by Crippen LogP contribution is 2.19. The van der Waals surface area contributed by atoms with Crippen molar-refractivity contribution in [3.63, 3.8) is 0 Å². The molecule has 0 aliphatic heterocycles. The number of hydrogen-bond acceptors (Lipinski definition) is 4. The number of ether oxygens (including phenoxy) is 1. The number of rotatable bonds is 6. The Hall–Kier alpha value is -1.75. The van der Waals surface area contributed by atoms with E-state index < -0.39 is 0 Å². The highest BCUT2D eigenvalue weighted by molar-refractivity contribution is 5.78. The summed E-state index contributed by atoms with van der Waals surface area (Å²) in [5, 5.41) is 11.6. The van der Waals surface area contributed by atoms with Crippen LogP contribution in [0.2, 0.25) is 0 Å². The van der Waals surface area contributed by atoms with Gasteiger partial charge in [-0.3, -0.25) is 4.79 Å². The zero-order chi connectivity index (χ0) is 12.7. The first-order valence-corrected chi connectivity index (χ1v) is 5.55. The lowest BCUT2D eigenvalue weighted by molar-refractivity contribution is -0.124. The average molecular weight is 238 g/mol. The van der Waals surface area contributed by atoms with Crippen molar-refractivity contribution in [2.45, 2.75) is 19.4 Å². The number of para-hydroxylation sites is 2. The fraction of sp³-hybridized carbons (Fsp3) is 0.417. The Kier molecular flexibility index (Phi) is 5.29. The van der Waals surface area contributed by atoms with Gasteiger partial charge in [-0.1, -0.05) is 19.1 Å². The summed E-state index contributed by atoms with van der Waals surface area (Å²) in [7, 11) is 0. The van der Waals surface area contributed by atoms with Crippen molar-refractivity contribution in [2.24, 2.45) is 0 Å². The van der Waals surface area contributed by atoms with Crippen LogP contribution in [0.4, 0.5) is 5.69 Å². The van der Waals surface area contributed by atoms with Gasteiger partial charge in [0.05, 0.1) is 18.3 Å². The monoisotopic (exact) mass is 238 g/mol. The van der Waals surface area contributed by atoms with Gasteiger partial charge in [0.2, 0.25) is 0 Å². The minimum absolute atomic E-state index is 0.0737. The normalized spacial score (nSPS) is 11.9. The van der Waals surface area contributed by atoms with E-state index in [1.807, 2.05) is 6.92 Å². The molecular formula is C12H18N2O3. The molecule has 0 radical (unpaired) electrons. The van der Waals surface area contributed by atoms with Crippen molar-refractivity contribution < 1.29 is 14.6 Å². The second-order valence-electron chi connectivity index (χ2n) is 3.68. The number of carbonyl (C=O) groups is 1. The maximum atomic E-state index is 11.5. The molecule has 94 valence electrons. The number of benzene rings is 1. The average Bonchev–Trinajstić information content (AvgIpc) is 2.35. The van der Waals surface area contributed by atoms with Gasteiger partial charge in [-0.15, -0.1) is 0 Å². The molecule has 0 saturated heterocycles. The number of carbonyl (C=O) groups excluding carboxylic acids is 1. The Morgan fingerprint density at radius 3 is 2.82 bits per heavy atom. The molecule has 0 aliphatic rings. The number of aliphatic hydroxyl groups is 1. The fourth-order valence-electron chi connectivity index (χ4n) is 1.30. The van der Waals surface area contributed by atoms with Gasteiger partial charge in [0.15, 0.2) is 6.61 Å². The van der Waals surface area contributed by atoms with Crippen LogP contribution in [0.1, 0.15) is 13.3 Å². The lowest BCUT2D eigenvalue weighted by Crippen LogP contribution is -2.39. The molecule has 0 heterocycles. The third kappa shape index (κ3) is 4.32. The second-order valence-corrected chi connectivity index (χ2v) is 3.68. The van der Waals surface area contributed by atoms with Gasteiger partial charge in [0.1, 0.15) is 5.75 Å². The fourth-order valence-corrected chi connectivity index (χ4v) is 1.30. The Bertz CT molecular complexity index is 365. The van der Waals surface area contributed by atoms with Crippen LogP contribution in [-0.4, -0.2) is 30.3 Å². The van der Waals surface area contributed by atoms with Crippen LogP contribution in [-0.2, 0) is 4.79 Å². The van der Waals surface area contributed by atoms with Crippen LogP contribution in [0.25, 0.3) is 0 Å². The zero-order valence-electron chi connectivity index (χ0n) is 9.85. The van der Waals surface area contributed by atoms with E-state index in [-0.39, 0.29) is 25.2 Å². The van der Waals surface area contributed by atoms with Crippen molar-refractivity contribution >= 4 is 11.6 Å². The molecule has 0 saturated carbocycles. The van der Waals surface area contributed by atoms with Crippen LogP contribution in [0, 0.1) is 0 Å². The number of hydrogen-bond donors (Lipinski definition) is 3. The summed E-state index contributed by atoms with van der Waals surface area (Å²) in [6, 6.07) is 6.76. The van der Waals surface area contributed by atoms with E-state index in [0.29, 0.717) is 17.9 Å². The predicted molar refractivity (Wildman–Crippen MR) is 65.7 cm³/mol. The minimum Gasteiger partial charge on any atom is -0.482 e. The minimum atomic E-state index is -0.269. The first-order valence-electron chi connectivity index (χ1n) is 5.55. The molecule has 1 rings (SSSR count). The molecule has 1 aromatic carbocycles. The maximum Gasteiger partial charge on any atom is 0.258 e. The Morgan fingerprint density at radius 1 is 1.53 bits per heavy atom. The Balaban J connectivity index is 2.41. The second kappa shape index (κ2) is 6.75. The molecule has 1 unspecified atom stereocenters. The lowest BCUT2D eigenvalue weighted by atomic mass is 10.2. The molecule has 0 aromatic heterocycles. The van der Waals surface area contributed by atoms with Gasteiger partial charge in [-0.25, -0.2) is 0 Å². The molecule has 1 aromatic rings. The molecule has 1 atom stereocenters. The smallest absolute Gasteiger partial charge is 0.258 e.